The van der Waals surface area contributed by atoms with E-state index in [0.29, 0.717) is 32.0 Å². The van der Waals surface area contributed by atoms with Crippen LogP contribution in [0.25, 0.3) is 0 Å². The monoisotopic (exact) mass is 381 g/mol. The zero-order valence-corrected chi connectivity index (χ0v) is 16.6. The molecule has 1 aliphatic heterocycles. The predicted molar refractivity (Wildman–Crippen MR) is 104 cm³/mol. The van der Waals surface area contributed by atoms with Crippen LogP contribution >= 0.6 is 0 Å². The molecule has 7 heteroatoms. The number of carbonyl (C=O) groups is 1. The molecule has 1 atom stereocenters. The quantitative estimate of drug-likeness (QED) is 0.685. The van der Waals surface area contributed by atoms with Gasteiger partial charge in [-0.15, -0.1) is 0 Å². The van der Waals surface area contributed by atoms with E-state index >= 15 is 0 Å². The molecule has 1 amide bonds. The second kappa shape index (κ2) is 9.48. The summed E-state index contributed by atoms with van der Waals surface area (Å²) >= 11 is 0. The summed E-state index contributed by atoms with van der Waals surface area (Å²) in [5.74, 6) is 0.344. The lowest BCUT2D eigenvalue weighted by Crippen LogP contribution is -2.33. The van der Waals surface area contributed by atoms with Crippen molar-refractivity contribution in [2.75, 3.05) is 25.4 Å². The molecule has 0 aromatic heterocycles. The van der Waals surface area contributed by atoms with Crippen LogP contribution in [-0.2, 0) is 14.8 Å². The molecule has 1 heterocycles. The van der Waals surface area contributed by atoms with E-state index in [9.17, 15) is 13.2 Å². The average Bonchev–Trinajstić information content (AvgIpc) is 3.15. The van der Waals surface area contributed by atoms with Gasteiger partial charge in [0.2, 0.25) is 15.9 Å². The van der Waals surface area contributed by atoms with Crippen molar-refractivity contribution in [1.82, 2.24) is 9.62 Å². The zero-order valence-electron chi connectivity index (χ0n) is 15.8. The SMILES string of the molecule is CC(C)c1ccc(C(N)CNC(=O)CCCS(=O)(=O)N2CCCC2)cc1. The third-order valence-corrected chi connectivity index (χ3v) is 6.77. The fourth-order valence-corrected chi connectivity index (χ4v) is 4.65. The number of amides is 1. The van der Waals surface area contributed by atoms with Crippen molar-refractivity contribution >= 4 is 15.9 Å². The van der Waals surface area contributed by atoms with Gasteiger partial charge in [-0.2, -0.15) is 0 Å². The minimum atomic E-state index is -3.21. The lowest BCUT2D eigenvalue weighted by atomic mass is 9.99. The Kier molecular flexibility index (Phi) is 7.61. The maximum absolute atomic E-state index is 12.1. The van der Waals surface area contributed by atoms with Gasteiger partial charge in [-0.05, 0) is 36.3 Å². The van der Waals surface area contributed by atoms with Gasteiger partial charge >= 0.3 is 0 Å². The van der Waals surface area contributed by atoms with Gasteiger partial charge < -0.3 is 11.1 Å². The van der Waals surface area contributed by atoms with Gasteiger partial charge in [-0.3, -0.25) is 4.79 Å². The molecule has 26 heavy (non-hydrogen) atoms. The van der Waals surface area contributed by atoms with E-state index in [2.05, 4.69) is 31.3 Å². The van der Waals surface area contributed by atoms with Gasteiger partial charge in [0.15, 0.2) is 0 Å². The van der Waals surface area contributed by atoms with E-state index in [1.165, 1.54) is 9.87 Å². The van der Waals surface area contributed by atoms with E-state index in [0.717, 1.165) is 18.4 Å². The Labute approximate surface area is 157 Å². The lowest BCUT2D eigenvalue weighted by molar-refractivity contribution is -0.121. The van der Waals surface area contributed by atoms with Crippen molar-refractivity contribution in [3.05, 3.63) is 35.4 Å². The summed E-state index contributed by atoms with van der Waals surface area (Å²) in [6.07, 6.45) is 2.39. The molecule has 1 aliphatic rings. The Morgan fingerprint density at radius 1 is 1.15 bits per heavy atom. The number of carbonyl (C=O) groups excluding carboxylic acids is 1. The number of nitrogens with two attached hydrogens (primary N) is 1. The fraction of sp³-hybridized carbons (Fsp3) is 0.632. The van der Waals surface area contributed by atoms with Crippen molar-refractivity contribution in [1.29, 1.82) is 0 Å². The number of nitrogens with one attached hydrogen (secondary N) is 1. The highest BCUT2D eigenvalue weighted by Gasteiger charge is 2.24. The van der Waals surface area contributed by atoms with Gasteiger partial charge in [0, 0.05) is 32.1 Å². The van der Waals surface area contributed by atoms with E-state index in [-0.39, 0.29) is 24.1 Å². The van der Waals surface area contributed by atoms with E-state index in [1.807, 2.05) is 12.1 Å². The van der Waals surface area contributed by atoms with Gasteiger partial charge in [-0.1, -0.05) is 38.1 Å². The molecule has 0 aliphatic carbocycles. The molecule has 0 bridgehead atoms. The molecule has 1 unspecified atom stereocenters. The third kappa shape index (κ3) is 6.07. The lowest BCUT2D eigenvalue weighted by Gasteiger charge is -2.16. The Morgan fingerprint density at radius 2 is 1.73 bits per heavy atom. The second-order valence-electron chi connectivity index (χ2n) is 7.26. The van der Waals surface area contributed by atoms with Crippen molar-refractivity contribution in [2.45, 2.75) is 51.5 Å². The first-order chi connectivity index (χ1) is 12.3. The van der Waals surface area contributed by atoms with Gasteiger partial charge in [0.25, 0.3) is 0 Å². The Bertz CT molecular complexity index is 680. The highest BCUT2D eigenvalue weighted by atomic mass is 32.2. The minimum Gasteiger partial charge on any atom is -0.354 e. The normalized spacial score (nSPS) is 16.8. The van der Waals surface area contributed by atoms with Gasteiger partial charge in [0.1, 0.15) is 0 Å². The van der Waals surface area contributed by atoms with Crippen LogP contribution in [0.5, 0.6) is 0 Å². The Morgan fingerprint density at radius 3 is 2.31 bits per heavy atom. The largest absolute Gasteiger partial charge is 0.354 e. The van der Waals surface area contributed by atoms with Crippen LogP contribution in [0, 0.1) is 0 Å². The number of hydrogen-bond donors (Lipinski definition) is 2. The standard InChI is InChI=1S/C19H31N3O3S/c1-15(2)16-7-9-17(10-8-16)18(20)14-21-19(23)6-5-13-26(24,25)22-11-3-4-12-22/h7-10,15,18H,3-6,11-14,20H2,1-2H3,(H,21,23). The number of benzene rings is 1. The molecule has 1 fully saturated rings. The van der Waals surface area contributed by atoms with Crippen LogP contribution in [0.1, 0.15) is 62.6 Å². The van der Waals surface area contributed by atoms with Crippen LogP contribution in [-0.4, -0.2) is 44.0 Å². The van der Waals surface area contributed by atoms with Crippen molar-refractivity contribution in [3.8, 4) is 0 Å². The molecular weight excluding hydrogens is 350 g/mol. The smallest absolute Gasteiger partial charge is 0.220 e. The van der Waals surface area contributed by atoms with Crippen LogP contribution in [0.2, 0.25) is 0 Å². The minimum absolute atomic E-state index is 0.0309. The highest BCUT2D eigenvalue weighted by molar-refractivity contribution is 7.89. The number of sulfonamides is 1. The maximum Gasteiger partial charge on any atom is 0.220 e. The second-order valence-corrected chi connectivity index (χ2v) is 9.35. The first kappa shape index (κ1) is 20.9. The predicted octanol–water partition coefficient (Wildman–Crippen LogP) is 2.13. The summed E-state index contributed by atoms with van der Waals surface area (Å²) in [4.78, 5) is 12.0. The van der Waals surface area contributed by atoms with Gasteiger partial charge in [0.05, 0.1) is 5.75 Å². The van der Waals surface area contributed by atoms with Crippen molar-refractivity contribution in [2.24, 2.45) is 5.73 Å². The summed E-state index contributed by atoms with van der Waals surface area (Å²) < 4.78 is 25.8. The molecule has 1 aromatic carbocycles. The van der Waals surface area contributed by atoms with Crippen LogP contribution in [0.3, 0.4) is 0 Å². The zero-order chi connectivity index (χ0) is 19.2. The molecule has 1 aromatic rings. The molecular formula is C19H31N3O3S. The van der Waals surface area contributed by atoms with Crippen LogP contribution < -0.4 is 11.1 Å². The summed E-state index contributed by atoms with van der Waals surface area (Å²) in [7, 11) is -3.21. The molecule has 0 radical (unpaired) electrons. The number of nitrogens with zero attached hydrogens (tertiary/aromatic N) is 1. The average molecular weight is 382 g/mol. The third-order valence-electron chi connectivity index (χ3n) is 4.81. The van der Waals surface area contributed by atoms with E-state index in [1.54, 1.807) is 0 Å². The van der Waals surface area contributed by atoms with Crippen LogP contribution in [0.15, 0.2) is 24.3 Å². The maximum atomic E-state index is 12.1. The number of rotatable bonds is 9. The Hall–Kier alpha value is -1.44. The molecule has 2 rings (SSSR count). The molecule has 6 nitrogen and oxygen atoms in total. The topological polar surface area (TPSA) is 92.5 Å². The molecule has 0 spiro atoms. The number of hydrogen-bond acceptors (Lipinski definition) is 4. The van der Waals surface area contributed by atoms with Gasteiger partial charge in [-0.25, -0.2) is 12.7 Å². The summed E-state index contributed by atoms with van der Waals surface area (Å²) in [5, 5.41) is 2.80. The first-order valence-corrected chi connectivity index (χ1v) is 11.0. The Balaban J connectivity index is 1.70. The van der Waals surface area contributed by atoms with Crippen molar-refractivity contribution in [3.63, 3.8) is 0 Å². The fourth-order valence-electron chi connectivity index (χ4n) is 3.07. The molecule has 146 valence electrons. The van der Waals surface area contributed by atoms with Crippen molar-refractivity contribution < 1.29 is 13.2 Å². The summed E-state index contributed by atoms with van der Waals surface area (Å²) in [6, 6.07) is 7.84. The summed E-state index contributed by atoms with van der Waals surface area (Å²) in [5.41, 5.74) is 8.36. The highest BCUT2D eigenvalue weighted by Crippen LogP contribution is 2.17. The first-order valence-electron chi connectivity index (χ1n) is 9.39. The molecule has 1 saturated heterocycles. The molecule has 0 saturated carbocycles. The van der Waals surface area contributed by atoms with Crippen LogP contribution in [0.4, 0.5) is 0 Å². The van der Waals surface area contributed by atoms with E-state index in [4.69, 9.17) is 5.73 Å². The summed E-state index contributed by atoms with van der Waals surface area (Å²) in [6.45, 7) is 5.84. The van der Waals surface area contributed by atoms with E-state index < -0.39 is 10.0 Å². The molecule has 3 N–H and O–H groups in total.